The van der Waals surface area contributed by atoms with E-state index in [0.717, 1.165) is 5.69 Å². The molecule has 0 fully saturated rings. The SMILES string of the molecule is Cl.NCc1cn(-c2ccc(F)cc2Br)nn1. The molecule has 0 aliphatic rings. The molecule has 2 aromatic rings. The van der Waals surface area contributed by atoms with Crippen LogP contribution in [0.25, 0.3) is 5.69 Å². The summed E-state index contributed by atoms with van der Waals surface area (Å²) in [6.45, 7) is 0.332. The molecule has 2 N–H and O–H groups in total. The van der Waals surface area contributed by atoms with E-state index in [0.29, 0.717) is 16.7 Å². The van der Waals surface area contributed by atoms with Crippen molar-refractivity contribution in [2.45, 2.75) is 6.54 Å². The van der Waals surface area contributed by atoms with Crippen LogP contribution in [0.3, 0.4) is 0 Å². The smallest absolute Gasteiger partial charge is 0.124 e. The van der Waals surface area contributed by atoms with Crippen LogP contribution < -0.4 is 5.73 Å². The lowest BCUT2D eigenvalue weighted by Gasteiger charge is -2.02. The first kappa shape index (κ1) is 13.1. The summed E-state index contributed by atoms with van der Waals surface area (Å²) in [6.07, 6.45) is 1.71. The first-order chi connectivity index (χ1) is 7.20. The molecule has 2 rings (SSSR count). The maximum absolute atomic E-state index is 12.8. The van der Waals surface area contributed by atoms with Crippen molar-refractivity contribution >= 4 is 28.3 Å². The lowest BCUT2D eigenvalue weighted by Crippen LogP contribution is -1.97. The molecule has 7 heteroatoms. The Balaban J connectivity index is 0.00000128. The quantitative estimate of drug-likeness (QED) is 0.924. The van der Waals surface area contributed by atoms with Crippen LogP contribution in [-0.4, -0.2) is 15.0 Å². The fraction of sp³-hybridized carbons (Fsp3) is 0.111. The second-order valence-corrected chi connectivity index (χ2v) is 3.81. The number of hydrogen-bond donors (Lipinski definition) is 1. The maximum atomic E-state index is 12.8. The van der Waals surface area contributed by atoms with Gasteiger partial charge in [0, 0.05) is 11.0 Å². The monoisotopic (exact) mass is 306 g/mol. The normalized spacial score (nSPS) is 9.94. The van der Waals surface area contributed by atoms with Crippen molar-refractivity contribution in [3.63, 3.8) is 0 Å². The molecule has 0 atom stereocenters. The number of halogens is 3. The zero-order valence-electron chi connectivity index (χ0n) is 8.10. The highest BCUT2D eigenvalue weighted by Gasteiger charge is 2.06. The highest BCUT2D eigenvalue weighted by atomic mass is 79.9. The molecule has 1 aromatic heterocycles. The van der Waals surface area contributed by atoms with Crippen LogP contribution in [0.2, 0.25) is 0 Å². The van der Waals surface area contributed by atoms with Gasteiger partial charge in [-0.15, -0.1) is 17.5 Å². The molecule has 0 radical (unpaired) electrons. The summed E-state index contributed by atoms with van der Waals surface area (Å²) in [7, 11) is 0. The van der Waals surface area contributed by atoms with Crippen LogP contribution in [0, 0.1) is 5.82 Å². The van der Waals surface area contributed by atoms with Crippen molar-refractivity contribution in [2.75, 3.05) is 0 Å². The van der Waals surface area contributed by atoms with Crippen molar-refractivity contribution in [1.29, 1.82) is 0 Å². The first-order valence-corrected chi connectivity index (χ1v) is 5.06. The molecule has 0 aliphatic heterocycles. The number of aromatic nitrogens is 3. The average Bonchev–Trinajstić information content (AvgIpc) is 2.66. The minimum absolute atomic E-state index is 0. The molecular formula is C9H9BrClFN4. The summed E-state index contributed by atoms with van der Waals surface area (Å²) in [5.41, 5.74) is 6.83. The van der Waals surface area contributed by atoms with Crippen molar-refractivity contribution in [3.8, 4) is 5.69 Å². The van der Waals surface area contributed by atoms with Gasteiger partial charge in [-0.25, -0.2) is 9.07 Å². The van der Waals surface area contributed by atoms with Crippen LogP contribution in [-0.2, 0) is 6.54 Å². The van der Waals surface area contributed by atoms with Crippen LogP contribution in [0.4, 0.5) is 4.39 Å². The molecular weight excluding hydrogens is 298 g/mol. The molecule has 0 saturated carbocycles. The Kier molecular flexibility index (Phi) is 4.40. The Hall–Kier alpha value is -0.980. The molecule has 86 valence electrons. The zero-order chi connectivity index (χ0) is 10.8. The Morgan fingerprint density at radius 1 is 1.44 bits per heavy atom. The van der Waals surface area contributed by atoms with Gasteiger partial charge in [0.05, 0.1) is 17.6 Å². The number of nitrogens with zero attached hydrogens (tertiary/aromatic N) is 3. The largest absolute Gasteiger partial charge is 0.325 e. The number of benzene rings is 1. The van der Waals surface area contributed by atoms with Crippen LogP contribution in [0.1, 0.15) is 5.69 Å². The Bertz CT molecular complexity index is 488. The zero-order valence-corrected chi connectivity index (χ0v) is 10.5. The molecule has 1 heterocycles. The van der Waals surface area contributed by atoms with E-state index in [9.17, 15) is 4.39 Å². The molecule has 0 spiro atoms. The third-order valence-electron chi connectivity index (χ3n) is 1.91. The Labute approximate surface area is 106 Å². The minimum Gasteiger partial charge on any atom is -0.325 e. The molecule has 1 aromatic carbocycles. The maximum Gasteiger partial charge on any atom is 0.124 e. The summed E-state index contributed by atoms with van der Waals surface area (Å²) in [6, 6.07) is 4.36. The van der Waals surface area contributed by atoms with E-state index in [4.69, 9.17) is 5.73 Å². The van der Waals surface area contributed by atoms with E-state index >= 15 is 0 Å². The number of nitrogens with two attached hydrogens (primary N) is 1. The van der Waals surface area contributed by atoms with E-state index in [1.807, 2.05) is 0 Å². The molecule has 0 amide bonds. The van der Waals surface area contributed by atoms with Gasteiger partial charge in [0.15, 0.2) is 0 Å². The van der Waals surface area contributed by atoms with Crippen molar-refractivity contribution in [3.05, 3.63) is 40.4 Å². The summed E-state index contributed by atoms with van der Waals surface area (Å²) >= 11 is 3.26. The van der Waals surface area contributed by atoms with Crippen LogP contribution in [0.5, 0.6) is 0 Å². The lowest BCUT2D eigenvalue weighted by atomic mass is 10.3. The van der Waals surface area contributed by atoms with Crippen molar-refractivity contribution in [2.24, 2.45) is 5.73 Å². The van der Waals surface area contributed by atoms with Crippen molar-refractivity contribution < 1.29 is 4.39 Å². The van der Waals surface area contributed by atoms with E-state index in [1.165, 1.54) is 12.1 Å². The van der Waals surface area contributed by atoms with Gasteiger partial charge >= 0.3 is 0 Å². The fourth-order valence-electron chi connectivity index (χ4n) is 1.18. The summed E-state index contributed by atoms with van der Waals surface area (Å²) in [4.78, 5) is 0. The highest BCUT2D eigenvalue weighted by molar-refractivity contribution is 9.10. The molecule has 0 unspecified atom stereocenters. The third kappa shape index (κ3) is 2.58. The van der Waals surface area contributed by atoms with E-state index in [-0.39, 0.29) is 18.2 Å². The average molecular weight is 308 g/mol. The molecule has 0 bridgehead atoms. The van der Waals surface area contributed by atoms with Crippen molar-refractivity contribution in [1.82, 2.24) is 15.0 Å². The van der Waals surface area contributed by atoms with Gasteiger partial charge in [0.25, 0.3) is 0 Å². The molecule has 16 heavy (non-hydrogen) atoms. The van der Waals surface area contributed by atoms with Crippen LogP contribution >= 0.6 is 28.3 Å². The topological polar surface area (TPSA) is 56.7 Å². The Morgan fingerprint density at radius 2 is 2.19 bits per heavy atom. The number of rotatable bonds is 2. The molecule has 0 aliphatic carbocycles. The minimum atomic E-state index is -0.301. The predicted octanol–water partition coefficient (Wildman–Crippen LogP) is 2.05. The summed E-state index contributed by atoms with van der Waals surface area (Å²) < 4.78 is 15.0. The van der Waals surface area contributed by atoms with Gasteiger partial charge in [-0.3, -0.25) is 0 Å². The Morgan fingerprint density at radius 3 is 2.75 bits per heavy atom. The second kappa shape index (κ2) is 5.38. The standard InChI is InChI=1S/C9H8BrFN4.ClH/c10-8-3-6(11)1-2-9(8)15-5-7(4-12)13-14-15;/h1-3,5H,4,12H2;1H. The molecule has 0 saturated heterocycles. The summed E-state index contributed by atoms with van der Waals surface area (Å²) in [5, 5.41) is 7.73. The van der Waals surface area contributed by atoms with Gasteiger partial charge in [-0.2, -0.15) is 0 Å². The van der Waals surface area contributed by atoms with E-state index < -0.39 is 0 Å². The first-order valence-electron chi connectivity index (χ1n) is 4.27. The second-order valence-electron chi connectivity index (χ2n) is 2.95. The number of hydrogen-bond acceptors (Lipinski definition) is 3. The lowest BCUT2D eigenvalue weighted by molar-refractivity contribution is 0.625. The van der Waals surface area contributed by atoms with Gasteiger partial charge in [-0.1, -0.05) is 5.21 Å². The van der Waals surface area contributed by atoms with Crippen LogP contribution in [0.15, 0.2) is 28.9 Å². The van der Waals surface area contributed by atoms with E-state index in [1.54, 1.807) is 16.9 Å². The fourth-order valence-corrected chi connectivity index (χ4v) is 1.71. The van der Waals surface area contributed by atoms with E-state index in [2.05, 4.69) is 26.2 Å². The van der Waals surface area contributed by atoms with Gasteiger partial charge in [0.1, 0.15) is 5.82 Å². The predicted molar refractivity (Wildman–Crippen MR) is 64.2 cm³/mol. The van der Waals surface area contributed by atoms with Gasteiger partial charge in [0.2, 0.25) is 0 Å². The van der Waals surface area contributed by atoms with Gasteiger partial charge in [-0.05, 0) is 34.1 Å². The summed E-state index contributed by atoms with van der Waals surface area (Å²) in [5.74, 6) is -0.301. The third-order valence-corrected chi connectivity index (χ3v) is 2.54. The molecule has 4 nitrogen and oxygen atoms in total. The highest BCUT2D eigenvalue weighted by Crippen LogP contribution is 2.21. The van der Waals surface area contributed by atoms with Gasteiger partial charge < -0.3 is 5.73 Å².